The highest BCUT2D eigenvalue weighted by Gasteiger charge is 2.22. The fourth-order valence-electron chi connectivity index (χ4n) is 3.97. The van der Waals surface area contributed by atoms with Gasteiger partial charge in [0, 0.05) is 15.7 Å². The molecular formula is C23H16Cl3FN6O. The molecule has 3 aromatic heterocycles. The van der Waals surface area contributed by atoms with Crippen molar-refractivity contribution in [2.75, 3.05) is 5.32 Å². The van der Waals surface area contributed by atoms with Gasteiger partial charge in [-0.25, -0.2) is 19.3 Å². The third-order valence-electron chi connectivity index (χ3n) is 5.51. The number of imidazole rings is 1. The lowest BCUT2D eigenvalue weighted by molar-refractivity contribution is 0.629. The molecule has 0 spiro atoms. The summed E-state index contributed by atoms with van der Waals surface area (Å²) in [5.74, 6) is -0.155. The van der Waals surface area contributed by atoms with Crippen LogP contribution in [0.4, 0.5) is 10.2 Å². The van der Waals surface area contributed by atoms with Gasteiger partial charge in [-0.2, -0.15) is 0 Å². The lowest BCUT2D eigenvalue weighted by Crippen LogP contribution is -2.27. The van der Waals surface area contributed by atoms with Gasteiger partial charge in [0.2, 0.25) is 0 Å². The van der Waals surface area contributed by atoms with Crippen LogP contribution in [-0.4, -0.2) is 24.5 Å². The predicted octanol–water partition coefficient (Wildman–Crippen LogP) is 6.32. The largest absolute Gasteiger partial charge is 0.360 e. The number of nitrogens with one attached hydrogen (secondary N) is 2. The van der Waals surface area contributed by atoms with Crippen LogP contribution in [0, 0.1) is 5.82 Å². The molecule has 2 N–H and O–H groups in total. The van der Waals surface area contributed by atoms with E-state index in [1.165, 1.54) is 29.4 Å². The first-order valence-corrected chi connectivity index (χ1v) is 11.4. The van der Waals surface area contributed by atoms with Gasteiger partial charge in [0.25, 0.3) is 5.56 Å². The highest BCUT2D eigenvalue weighted by atomic mass is 35.5. The normalized spacial score (nSPS) is 12.4. The average molecular weight is 518 g/mol. The van der Waals surface area contributed by atoms with E-state index in [0.29, 0.717) is 50.2 Å². The van der Waals surface area contributed by atoms with Crippen molar-refractivity contribution >= 4 is 62.6 Å². The highest BCUT2D eigenvalue weighted by Crippen LogP contribution is 2.32. The zero-order chi connectivity index (χ0) is 24.0. The van der Waals surface area contributed by atoms with Gasteiger partial charge in [-0.05, 0) is 42.1 Å². The Morgan fingerprint density at radius 3 is 2.59 bits per heavy atom. The molecule has 1 unspecified atom stereocenters. The van der Waals surface area contributed by atoms with Gasteiger partial charge >= 0.3 is 0 Å². The number of nitrogens with zero attached hydrogens (tertiary/aromatic N) is 4. The monoisotopic (exact) mass is 516 g/mol. The molecule has 0 aliphatic heterocycles. The molecule has 5 aromatic rings. The van der Waals surface area contributed by atoms with E-state index >= 15 is 0 Å². The number of aromatic amines is 1. The maximum Gasteiger partial charge on any atom is 0.264 e. The lowest BCUT2D eigenvalue weighted by Gasteiger charge is -2.24. The minimum absolute atomic E-state index is 0.0642. The van der Waals surface area contributed by atoms with Crippen LogP contribution in [0.5, 0.6) is 0 Å². The molecule has 0 radical (unpaired) electrons. The maximum atomic E-state index is 14.3. The van der Waals surface area contributed by atoms with Crippen molar-refractivity contribution in [1.82, 2.24) is 24.5 Å². The Hall–Kier alpha value is -3.20. The molecule has 0 saturated carbocycles. The number of benzene rings is 2. The molecule has 0 aliphatic carbocycles. The van der Waals surface area contributed by atoms with Crippen molar-refractivity contribution in [3.63, 3.8) is 0 Å². The SMILES string of the molecule is CCC(Nc1ncnc2nc[nH]c12)c1cc2ccc(F)c(Cl)c2c(=O)n1-c1cc(Cl)cc(Cl)c1. The first-order valence-electron chi connectivity index (χ1n) is 10.3. The molecule has 3 heterocycles. The standard InChI is InChI=1S/C23H16Cl3FN6O/c1-2-16(32-22-20-21(29-9-28-20)30-10-31-22)17-5-11-3-4-15(27)19(26)18(11)23(34)33(17)14-7-12(24)6-13(25)8-14/h3-10,16H,2H2,1H3,(H2,28,29,30,31,32). The second-order valence-corrected chi connectivity index (χ2v) is 8.84. The van der Waals surface area contributed by atoms with E-state index in [4.69, 9.17) is 34.8 Å². The summed E-state index contributed by atoms with van der Waals surface area (Å²) < 4.78 is 15.7. The van der Waals surface area contributed by atoms with Crippen LogP contribution >= 0.6 is 34.8 Å². The van der Waals surface area contributed by atoms with E-state index in [9.17, 15) is 9.18 Å². The van der Waals surface area contributed by atoms with Crippen molar-refractivity contribution in [3.8, 4) is 5.69 Å². The zero-order valence-corrected chi connectivity index (χ0v) is 19.9. The lowest BCUT2D eigenvalue weighted by atomic mass is 10.0. The summed E-state index contributed by atoms with van der Waals surface area (Å²) in [6, 6.07) is 8.96. The average Bonchev–Trinajstić information content (AvgIpc) is 3.28. The van der Waals surface area contributed by atoms with Crippen molar-refractivity contribution < 1.29 is 4.39 Å². The quantitative estimate of drug-likeness (QED) is 0.285. The van der Waals surface area contributed by atoms with Gasteiger partial charge in [-0.1, -0.05) is 47.8 Å². The van der Waals surface area contributed by atoms with E-state index in [1.807, 2.05) is 6.92 Å². The molecule has 11 heteroatoms. The summed E-state index contributed by atoms with van der Waals surface area (Å²) in [6.45, 7) is 1.96. The molecule has 1 atom stereocenters. The first-order chi connectivity index (χ1) is 16.4. The van der Waals surface area contributed by atoms with E-state index in [-0.39, 0.29) is 16.5 Å². The minimum Gasteiger partial charge on any atom is -0.360 e. The van der Waals surface area contributed by atoms with Crippen molar-refractivity contribution in [3.05, 3.63) is 86.0 Å². The molecule has 0 bridgehead atoms. The van der Waals surface area contributed by atoms with Gasteiger partial charge in [-0.15, -0.1) is 0 Å². The molecule has 34 heavy (non-hydrogen) atoms. The molecule has 0 aliphatic rings. The first kappa shape index (κ1) is 22.6. The Kier molecular flexibility index (Phi) is 5.89. The number of fused-ring (bicyclic) bond motifs is 2. The van der Waals surface area contributed by atoms with Crippen LogP contribution in [0.2, 0.25) is 15.1 Å². The number of hydrogen-bond donors (Lipinski definition) is 2. The number of halogens is 4. The maximum absolute atomic E-state index is 14.3. The van der Waals surface area contributed by atoms with Crippen LogP contribution in [0.3, 0.4) is 0 Å². The number of H-pyrrole nitrogens is 1. The van der Waals surface area contributed by atoms with Crippen LogP contribution in [-0.2, 0) is 0 Å². The molecule has 0 amide bonds. The third kappa shape index (κ3) is 3.87. The Balaban J connectivity index is 1.78. The molecule has 5 rings (SSSR count). The summed E-state index contributed by atoms with van der Waals surface area (Å²) in [7, 11) is 0. The smallest absolute Gasteiger partial charge is 0.264 e. The summed E-state index contributed by atoms with van der Waals surface area (Å²) in [6.07, 6.45) is 3.51. The van der Waals surface area contributed by atoms with Crippen molar-refractivity contribution in [2.24, 2.45) is 0 Å². The van der Waals surface area contributed by atoms with Gasteiger partial charge in [0.05, 0.1) is 28.5 Å². The topological polar surface area (TPSA) is 88.5 Å². The Morgan fingerprint density at radius 1 is 1.09 bits per heavy atom. The van der Waals surface area contributed by atoms with E-state index in [1.54, 1.807) is 24.3 Å². The molecule has 7 nitrogen and oxygen atoms in total. The fourth-order valence-corrected chi connectivity index (χ4v) is 4.74. The van der Waals surface area contributed by atoms with Gasteiger partial charge < -0.3 is 10.3 Å². The Bertz CT molecular complexity index is 1600. The Morgan fingerprint density at radius 2 is 1.85 bits per heavy atom. The summed E-state index contributed by atoms with van der Waals surface area (Å²) >= 11 is 18.7. The third-order valence-corrected chi connectivity index (χ3v) is 6.32. The number of aromatic nitrogens is 5. The number of pyridine rings is 1. The molecule has 0 saturated heterocycles. The summed E-state index contributed by atoms with van der Waals surface area (Å²) in [5.41, 5.74) is 1.66. The molecule has 0 fully saturated rings. The molecular weight excluding hydrogens is 502 g/mol. The van der Waals surface area contributed by atoms with Crippen LogP contribution in [0.25, 0.3) is 27.6 Å². The number of hydrogen-bond acceptors (Lipinski definition) is 5. The number of rotatable bonds is 5. The second kappa shape index (κ2) is 8.87. The van der Waals surface area contributed by atoms with Crippen molar-refractivity contribution in [2.45, 2.75) is 19.4 Å². The van der Waals surface area contributed by atoms with E-state index in [0.717, 1.165) is 0 Å². The van der Waals surface area contributed by atoms with Crippen molar-refractivity contribution in [1.29, 1.82) is 0 Å². The van der Waals surface area contributed by atoms with Gasteiger partial charge in [-0.3, -0.25) is 9.36 Å². The molecule has 172 valence electrons. The minimum atomic E-state index is -0.678. The number of anilines is 1. The van der Waals surface area contributed by atoms with Crippen LogP contribution in [0.1, 0.15) is 25.1 Å². The summed E-state index contributed by atoms with van der Waals surface area (Å²) in [5, 5.41) is 4.40. The van der Waals surface area contributed by atoms with E-state index < -0.39 is 11.4 Å². The molecule has 2 aromatic carbocycles. The van der Waals surface area contributed by atoms with E-state index in [2.05, 4.69) is 25.3 Å². The van der Waals surface area contributed by atoms with Crippen LogP contribution in [0.15, 0.2) is 53.8 Å². The predicted molar refractivity (Wildman–Crippen MR) is 133 cm³/mol. The second-order valence-electron chi connectivity index (χ2n) is 7.59. The fraction of sp³-hybridized carbons (Fsp3) is 0.130. The van der Waals surface area contributed by atoms with Crippen LogP contribution < -0.4 is 10.9 Å². The van der Waals surface area contributed by atoms with Gasteiger partial charge in [0.15, 0.2) is 11.5 Å². The summed E-state index contributed by atoms with van der Waals surface area (Å²) in [4.78, 5) is 29.4. The zero-order valence-electron chi connectivity index (χ0n) is 17.6. The highest BCUT2D eigenvalue weighted by molar-refractivity contribution is 6.36. The Labute approximate surface area is 207 Å². The van der Waals surface area contributed by atoms with Gasteiger partial charge in [0.1, 0.15) is 17.7 Å².